The topological polar surface area (TPSA) is 34.1 Å². The minimum atomic E-state index is 0.831. The number of anilines is 1. The van der Waals surface area contributed by atoms with Crippen LogP contribution < -0.4 is 5.32 Å². The molecule has 2 aromatic rings. The normalized spacial score (nSPS) is 14.7. The van der Waals surface area contributed by atoms with Crippen molar-refractivity contribution >= 4 is 32.5 Å². The van der Waals surface area contributed by atoms with Crippen molar-refractivity contribution in [3.8, 4) is 0 Å². The first-order valence-corrected chi connectivity index (χ1v) is 7.99. The minimum absolute atomic E-state index is 0.831. The monoisotopic (exact) mass is 334 g/mol. The zero-order chi connectivity index (χ0) is 13.8. The number of rotatable bonds is 7. The summed E-state index contributed by atoms with van der Waals surface area (Å²) in [6, 6.07) is 8.22. The van der Waals surface area contributed by atoms with E-state index in [2.05, 4.69) is 38.4 Å². The zero-order valence-corrected chi connectivity index (χ0v) is 13.0. The summed E-state index contributed by atoms with van der Waals surface area (Å²) >= 11 is 3.58. The SMILES string of the molecule is Brc1cccc2c(NCCCOCC3CC3)nccc12. The molecule has 0 amide bonds. The molecule has 1 N–H and O–H groups in total. The Hall–Kier alpha value is -1.13. The number of benzene rings is 1. The van der Waals surface area contributed by atoms with Gasteiger partial charge in [0.1, 0.15) is 5.82 Å². The molecule has 1 aliphatic carbocycles. The van der Waals surface area contributed by atoms with Crippen LogP contribution in [0.15, 0.2) is 34.9 Å². The molecular weight excluding hydrogens is 316 g/mol. The van der Waals surface area contributed by atoms with Gasteiger partial charge in [-0.05, 0) is 37.3 Å². The molecule has 3 rings (SSSR count). The fraction of sp³-hybridized carbons (Fsp3) is 0.438. The quantitative estimate of drug-likeness (QED) is 0.769. The average Bonchev–Trinajstić information content (AvgIpc) is 3.28. The highest BCUT2D eigenvalue weighted by Crippen LogP contribution is 2.29. The molecule has 1 saturated carbocycles. The molecule has 1 aromatic heterocycles. The van der Waals surface area contributed by atoms with Gasteiger partial charge in [0.05, 0.1) is 0 Å². The Bertz CT molecular complexity index is 584. The first kappa shape index (κ1) is 13.8. The molecule has 0 saturated heterocycles. The molecule has 3 nitrogen and oxygen atoms in total. The van der Waals surface area contributed by atoms with Crippen LogP contribution in [0.25, 0.3) is 10.8 Å². The van der Waals surface area contributed by atoms with Gasteiger partial charge in [0, 0.05) is 41.2 Å². The molecule has 1 aromatic carbocycles. The van der Waals surface area contributed by atoms with E-state index in [1.807, 2.05) is 18.3 Å². The van der Waals surface area contributed by atoms with Crippen LogP contribution in [-0.2, 0) is 4.74 Å². The summed E-state index contributed by atoms with van der Waals surface area (Å²) in [5, 5.41) is 5.75. The van der Waals surface area contributed by atoms with Gasteiger partial charge in [-0.1, -0.05) is 28.1 Å². The van der Waals surface area contributed by atoms with Crippen molar-refractivity contribution in [1.82, 2.24) is 4.98 Å². The predicted octanol–water partition coefficient (Wildman–Crippen LogP) is 4.23. The van der Waals surface area contributed by atoms with E-state index in [0.717, 1.165) is 47.8 Å². The molecule has 106 valence electrons. The number of hydrogen-bond acceptors (Lipinski definition) is 3. The molecule has 1 aliphatic rings. The molecule has 0 atom stereocenters. The van der Waals surface area contributed by atoms with Crippen LogP contribution >= 0.6 is 15.9 Å². The van der Waals surface area contributed by atoms with Crippen LogP contribution in [0.4, 0.5) is 5.82 Å². The molecule has 20 heavy (non-hydrogen) atoms. The number of ether oxygens (including phenoxy) is 1. The lowest BCUT2D eigenvalue weighted by Gasteiger charge is -2.09. The van der Waals surface area contributed by atoms with Gasteiger partial charge < -0.3 is 10.1 Å². The Morgan fingerprint density at radius 2 is 2.15 bits per heavy atom. The van der Waals surface area contributed by atoms with E-state index in [9.17, 15) is 0 Å². The number of nitrogens with one attached hydrogen (secondary N) is 1. The van der Waals surface area contributed by atoms with Gasteiger partial charge in [-0.2, -0.15) is 0 Å². The molecule has 0 unspecified atom stereocenters. The highest BCUT2D eigenvalue weighted by molar-refractivity contribution is 9.10. The smallest absolute Gasteiger partial charge is 0.133 e. The highest BCUT2D eigenvalue weighted by atomic mass is 79.9. The van der Waals surface area contributed by atoms with Crippen molar-refractivity contribution < 1.29 is 4.74 Å². The van der Waals surface area contributed by atoms with Crippen molar-refractivity contribution in [3.05, 3.63) is 34.9 Å². The second-order valence-corrected chi connectivity index (χ2v) is 6.15. The van der Waals surface area contributed by atoms with Gasteiger partial charge in [0.25, 0.3) is 0 Å². The van der Waals surface area contributed by atoms with E-state index in [-0.39, 0.29) is 0 Å². The lowest BCUT2D eigenvalue weighted by molar-refractivity contribution is 0.124. The number of pyridine rings is 1. The third-order valence-corrected chi connectivity index (χ3v) is 4.25. The summed E-state index contributed by atoms with van der Waals surface area (Å²) in [6.45, 7) is 2.67. The third-order valence-electron chi connectivity index (χ3n) is 3.56. The van der Waals surface area contributed by atoms with Crippen LogP contribution in [0, 0.1) is 5.92 Å². The number of aromatic nitrogens is 1. The van der Waals surface area contributed by atoms with Crippen molar-refractivity contribution in [2.45, 2.75) is 19.3 Å². The molecule has 1 fully saturated rings. The van der Waals surface area contributed by atoms with Crippen LogP contribution in [0.2, 0.25) is 0 Å². The number of halogens is 1. The summed E-state index contributed by atoms with van der Waals surface area (Å²) in [4.78, 5) is 4.43. The fourth-order valence-electron chi connectivity index (χ4n) is 2.23. The van der Waals surface area contributed by atoms with Crippen LogP contribution in [0.3, 0.4) is 0 Å². The van der Waals surface area contributed by atoms with Gasteiger partial charge in [-0.25, -0.2) is 4.98 Å². The van der Waals surface area contributed by atoms with Crippen LogP contribution in [-0.4, -0.2) is 24.7 Å². The third kappa shape index (κ3) is 3.49. The van der Waals surface area contributed by atoms with Gasteiger partial charge in [0.2, 0.25) is 0 Å². The maximum Gasteiger partial charge on any atom is 0.133 e. The van der Waals surface area contributed by atoms with Gasteiger partial charge >= 0.3 is 0 Å². The second kappa shape index (κ2) is 6.55. The lowest BCUT2D eigenvalue weighted by Crippen LogP contribution is -2.08. The lowest BCUT2D eigenvalue weighted by atomic mass is 10.1. The van der Waals surface area contributed by atoms with Crippen molar-refractivity contribution in [2.75, 3.05) is 25.1 Å². The first-order chi connectivity index (χ1) is 9.84. The summed E-state index contributed by atoms with van der Waals surface area (Å²) < 4.78 is 6.74. The van der Waals surface area contributed by atoms with E-state index in [0.29, 0.717) is 0 Å². The zero-order valence-electron chi connectivity index (χ0n) is 11.4. The van der Waals surface area contributed by atoms with Gasteiger partial charge in [-0.3, -0.25) is 0 Å². The number of hydrogen-bond donors (Lipinski definition) is 1. The van der Waals surface area contributed by atoms with Crippen LogP contribution in [0.1, 0.15) is 19.3 Å². The summed E-state index contributed by atoms with van der Waals surface area (Å²) in [6.07, 6.45) is 5.57. The predicted molar refractivity (Wildman–Crippen MR) is 86.1 cm³/mol. The highest BCUT2D eigenvalue weighted by Gasteiger charge is 2.20. The maximum atomic E-state index is 5.63. The number of fused-ring (bicyclic) bond motifs is 1. The van der Waals surface area contributed by atoms with Crippen LogP contribution in [0.5, 0.6) is 0 Å². The molecular formula is C16H19BrN2O. The fourth-order valence-corrected chi connectivity index (χ4v) is 2.72. The average molecular weight is 335 g/mol. The Morgan fingerprint density at radius 3 is 3.00 bits per heavy atom. The van der Waals surface area contributed by atoms with Crippen molar-refractivity contribution in [3.63, 3.8) is 0 Å². The van der Waals surface area contributed by atoms with E-state index in [1.165, 1.54) is 18.2 Å². The van der Waals surface area contributed by atoms with Crippen molar-refractivity contribution in [2.24, 2.45) is 5.92 Å². The van der Waals surface area contributed by atoms with Gasteiger partial charge in [-0.15, -0.1) is 0 Å². The molecule has 4 heteroatoms. The van der Waals surface area contributed by atoms with E-state index in [4.69, 9.17) is 4.74 Å². The molecule has 0 bridgehead atoms. The standard InChI is InChI=1S/C16H19BrN2O/c17-15-4-1-3-14-13(15)7-9-19-16(14)18-8-2-10-20-11-12-5-6-12/h1,3-4,7,9,12H,2,5-6,8,10-11H2,(H,18,19). The minimum Gasteiger partial charge on any atom is -0.381 e. The summed E-state index contributed by atoms with van der Waals surface area (Å²) in [5.41, 5.74) is 0. The largest absolute Gasteiger partial charge is 0.381 e. The van der Waals surface area contributed by atoms with Gasteiger partial charge in [0.15, 0.2) is 0 Å². The molecule has 0 spiro atoms. The second-order valence-electron chi connectivity index (χ2n) is 5.29. The van der Waals surface area contributed by atoms with Crippen molar-refractivity contribution in [1.29, 1.82) is 0 Å². The Labute approximate surface area is 127 Å². The number of nitrogens with zero attached hydrogens (tertiary/aromatic N) is 1. The summed E-state index contributed by atoms with van der Waals surface area (Å²) in [5.74, 6) is 1.80. The molecule has 0 radical (unpaired) electrons. The first-order valence-electron chi connectivity index (χ1n) is 7.19. The summed E-state index contributed by atoms with van der Waals surface area (Å²) in [7, 11) is 0. The van der Waals surface area contributed by atoms with E-state index < -0.39 is 0 Å². The van der Waals surface area contributed by atoms with E-state index >= 15 is 0 Å². The Kier molecular flexibility index (Phi) is 4.53. The Morgan fingerprint density at radius 1 is 1.25 bits per heavy atom. The van der Waals surface area contributed by atoms with E-state index in [1.54, 1.807) is 0 Å². The Balaban J connectivity index is 1.53. The molecule has 1 heterocycles. The molecule has 0 aliphatic heterocycles. The maximum absolute atomic E-state index is 5.63.